The average molecular weight is 333 g/mol. The van der Waals surface area contributed by atoms with Crippen LogP contribution in [0.3, 0.4) is 0 Å². The van der Waals surface area contributed by atoms with E-state index in [-0.39, 0.29) is 5.56 Å². The Morgan fingerprint density at radius 3 is 2.73 bits per heavy atom. The van der Waals surface area contributed by atoms with Gasteiger partial charge in [-0.1, -0.05) is 6.07 Å². The van der Waals surface area contributed by atoms with Crippen molar-refractivity contribution in [2.75, 3.05) is 0 Å². The predicted molar refractivity (Wildman–Crippen MR) is 90.6 cm³/mol. The molecule has 1 unspecified atom stereocenters. The van der Waals surface area contributed by atoms with E-state index < -0.39 is 11.9 Å². The zero-order valence-corrected chi connectivity index (χ0v) is 14.0. The molecule has 3 rings (SSSR count). The second-order valence-corrected chi connectivity index (χ2v) is 7.25. The lowest BCUT2D eigenvalue weighted by molar-refractivity contribution is -0.120. The highest BCUT2D eigenvalue weighted by atomic mass is 32.1. The molecule has 1 atom stereocenters. The van der Waals surface area contributed by atoms with E-state index in [0.717, 1.165) is 15.3 Å². The fourth-order valence-corrected chi connectivity index (χ4v) is 4.55. The van der Waals surface area contributed by atoms with Gasteiger partial charge in [-0.15, -0.1) is 22.7 Å². The summed E-state index contributed by atoms with van der Waals surface area (Å²) in [6.45, 7) is 5.33. The number of aryl methyl sites for hydroxylation is 2. The van der Waals surface area contributed by atoms with Crippen LogP contribution in [-0.2, 0) is 4.79 Å². The SMILES string of the molecule is Cc1sc2nc(C)n(C(C)C(N)=O)c(=O)c2c1-c1cccs1. The molecule has 0 saturated carbocycles. The highest BCUT2D eigenvalue weighted by molar-refractivity contribution is 7.20. The number of amides is 1. The van der Waals surface area contributed by atoms with Gasteiger partial charge >= 0.3 is 0 Å². The van der Waals surface area contributed by atoms with Gasteiger partial charge in [0.15, 0.2) is 0 Å². The van der Waals surface area contributed by atoms with Crippen LogP contribution < -0.4 is 11.3 Å². The van der Waals surface area contributed by atoms with Gasteiger partial charge in [0.05, 0.1) is 5.39 Å². The number of fused-ring (bicyclic) bond motifs is 1. The highest BCUT2D eigenvalue weighted by Gasteiger charge is 2.22. The first kappa shape index (κ1) is 14.9. The minimum atomic E-state index is -0.721. The molecule has 0 saturated heterocycles. The zero-order valence-electron chi connectivity index (χ0n) is 12.4. The lowest BCUT2D eigenvalue weighted by Crippen LogP contribution is -2.34. The molecule has 0 fully saturated rings. The number of hydrogen-bond donors (Lipinski definition) is 1. The topological polar surface area (TPSA) is 78.0 Å². The second-order valence-electron chi connectivity index (χ2n) is 5.10. The molecule has 0 aromatic carbocycles. The third-order valence-corrected chi connectivity index (χ3v) is 5.56. The van der Waals surface area contributed by atoms with Crippen LogP contribution in [0.4, 0.5) is 0 Å². The molecule has 5 nitrogen and oxygen atoms in total. The van der Waals surface area contributed by atoms with Crippen LogP contribution >= 0.6 is 22.7 Å². The quantitative estimate of drug-likeness (QED) is 0.800. The number of carbonyl (C=O) groups excluding carboxylic acids is 1. The van der Waals surface area contributed by atoms with Gasteiger partial charge < -0.3 is 5.73 Å². The van der Waals surface area contributed by atoms with E-state index in [1.165, 1.54) is 15.9 Å². The summed E-state index contributed by atoms with van der Waals surface area (Å²) in [4.78, 5) is 31.7. The molecule has 0 aliphatic carbocycles. The molecule has 3 heterocycles. The summed E-state index contributed by atoms with van der Waals surface area (Å²) in [5.41, 5.74) is 6.07. The molecule has 1 amide bonds. The van der Waals surface area contributed by atoms with E-state index >= 15 is 0 Å². The summed E-state index contributed by atoms with van der Waals surface area (Å²) in [6.07, 6.45) is 0. The fourth-order valence-electron chi connectivity index (χ4n) is 2.58. The number of rotatable bonds is 3. The minimum Gasteiger partial charge on any atom is -0.368 e. The minimum absolute atomic E-state index is 0.207. The Balaban J connectivity index is 2.41. The number of carbonyl (C=O) groups is 1. The van der Waals surface area contributed by atoms with Gasteiger partial charge in [-0.3, -0.25) is 14.2 Å². The van der Waals surface area contributed by atoms with Crippen LogP contribution in [-0.4, -0.2) is 15.5 Å². The summed E-state index contributed by atoms with van der Waals surface area (Å²) in [5, 5.41) is 2.55. The van der Waals surface area contributed by atoms with Crippen molar-refractivity contribution in [3.8, 4) is 10.4 Å². The first-order chi connectivity index (χ1) is 10.4. The Morgan fingerprint density at radius 2 is 2.14 bits per heavy atom. The van der Waals surface area contributed by atoms with Crippen LogP contribution in [0.15, 0.2) is 22.3 Å². The Kier molecular flexibility index (Phi) is 3.62. The Hall–Kier alpha value is -1.99. The molecule has 0 aliphatic heterocycles. The van der Waals surface area contributed by atoms with Crippen molar-refractivity contribution in [3.63, 3.8) is 0 Å². The zero-order chi connectivity index (χ0) is 16.0. The van der Waals surface area contributed by atoms with Gasteiger partial charge in [0.2, 0.25) is 5.91 Å². The molecule has 0 bridgehead atoms. The number of primary amides is 1. The monoisotopic (exact) mass is 333 g/mol. The van der Waals surface area contributed by atoms with Crippen LogP contribution in [0.5, 0.6) is 0 Å². The van der Waals surface area contributed by atoms with Crippen molar-refractivity contribution < 1.29 is 4.79 Å². The first-order valence-electron chi connectivity index (χ1n) is 6.77. The van der Waals surface area contributed by atoms with Crippen molar-refractivity contribution in [2.24, 2.45) is 5.73 Å². The highest BCUT2D eigenvalue weighted by Crippen LogP contribution is 2.38. The number of nitrogens with zero attached hydrogens (tertiary/aromatic N) is 2. The second kappa shape index (κ2) is 5.33. The van der Waals surface area contributed by atoms with Gasteiger partial charge in [-0.05, 0) is 32.2 Å². The third-order valence-electron chi connectivity index (χ3n) is 3.68. The maximum absolute atomic E-state index is 13.0. The van der Waals surface area contributed by atoms with E-state index in [0.29, 0.717) is 16.0 Å². The summed E-state index contributed by atoms with van der Waals surface area (Å²) in [5.74, 6) is -0.0428. The van der Waals surface area contributed by atoms with Crippen LogP contribution in [0.25, 0.3) is 20.7 Å². The Morgan fingerprint density at radius 1 is 1.41 bits per heavy atom. The van der Waals surface area contributed by atoms with Crippen LogP contribution in [0.2, 0.25) is 0 Å². The largest absolute Gasteiger partial charge is 0.368 e. The third kappa shape index (κ3) is 2.17. The van der Waals surface area contributed by atoms with Crippen molar-refractivity contribution in [1.29, 1.82) is 0 Å². The van der Waals surface area contributed by atoms with E-state index in [1.54, 1.807) is 25.2 Å². The lowest BCUT2D eigenvalue weighted by atomic mass is 10.1. The molecule has 22 heavy (non-hydrogen) atoms. The van der Waals surface area contributed by atoms with Crippen LogP contribution in [0.1, 0.15) is 23.7 Å². The molecule has 0 spiro atoms. The molecule has 0 aliphatic rings. The van der Waals surface area contributed by atoms with Crippen molar-refractivity contribution in [1.82, 2.24) is 9.55 Å². The number of thiophene rings is 2. The van der Waals surface area contributed by atoms with Crippen molar-refractivity contribution in [2.45, 2.75) is 26.8 Å². The van der Waals surface area contributed by atoms with Crippen molar-refractivity contribution in [3.05, 3.63) is 38.6 Å². The molecule has 0 radical (unpaired) electrons. The fraction of sp³-hybridized carbons (Fsp3) is 0.267. The summed E-state index contributed by atoms with van der Waals surface area (Å²) < 4.78 is 1.38. The summed E-state index contributed by atoms with van der Waals surface area (Å²) >= 11 is 3.08. The molecular weight excluding hydrogens is 318 g/mol. The van der Waals surface area contributed by atoms with Gasteiger partial charge in [-0.2, -0.15) is 0 Å². The summed E-state index contributed by atoms with van der Waals surface area (Å²) in [7, 11) is 0. The van der Waals surface area contributed by atoms with Gasteiger partial charge in [0.1, 0.15) is 16.7 Å². The van der Waals surface area contributed by atoms with Gasteiger partial charge in [0.25, 0.3) is 5.56 Å². The number of aromatic nitrogens is 2. The first-order valence-corrected chi connectivity index (χ1v) is 8.47. The Labute approximate surface area is 135 Å². The smallest absolute Gasteiger partial charge is 0.263 e. The van der Waals surface area contributed by atoms with Crippen molar-refractivity contribution >= 4 is 38.8 Å². The van der Waals surface area contributed by atoms with E-state index in [1.807, 2.05) is 24.4 Å². The van der Waals surface area contributed by atoms with Gasteiger partial charge in [-0.25, -0.2) is 4.98 Å². The van der Waals surface area contributed by atoms with E-state index in [4.69, 9.17) is 5.73 Å². The average Bonchev–Trinajstić information content (AvgIpc) is 3.05. The molecule has 114 valence electrons. The molecule has 2 N–H and O–H groups in total. The molecular formula is C15H15N3O2S2. The lowest BCUT2D eigenvalue weighted by Gasteiger charge is -2.14. The Bertz CT molecular complexity index is 923. The standard InChI is InChI=1S/C15H15N3O2S2/c1-7(13(16)19)18-9(3)17-14-12(15(18)20)11(8(2)22-14)10-5-4-6-21-10/h4-7H,1-3H3,(H2,16,19). The van der Waals surface area contributed by atoms with Gasteiger partial charge in [0, 0.05) is 15.3 Å². The maximum Gasteiger partial charge on any atom is 0.263 e. The van der Waals surface area contributed by atoms with E-state index in [9.17, 15) is 9.59 Å². The van der Waals surface area contributed by atoms with E-state index in [2.05, 4.69) is 4.98 Å². The summed E-state index contributed by atoms with van der Waals surface area (Å²) in [6, 6.07) is 3.22. The molecule has 3 aromatic heterocycles. The molecule has 3 aromatic rings. The molecule has 7 heteroatoms. The normalized spacial score (nSPS) is 12.7. The predicted octanol–water partition coefficient (Wildman–Crippen LogP) is 2.85. The number of nitrogens with two attached hydrogens (primary N) is 1. The maximum atomic E-state index is 13.0. The number of hydrogen-bond acceptors (Lipinski definition) is 5. The van der Waals surface area contributed by atoms with Crippen LogP contribution in [0, 0.1) is 13.8 Å².